The molecule has 1 aromatic carbocycles. The summed E-state index contributed by atoms with van der Waals surface area (Å²) in [6.07, 6.45) is 3.67. The molecular weight excluding hydrogens is 278 g/mol. The second-order valence-electron chi connectivity index (χ2n) is 5.00. The van der Waals surface area contributed by atoms with Crippen molar-refractivity contribution in [3.05, 3.63) is 33.8 Å². The highest BCUT2D eigenvalue weighted by molar-refractivity contribution is 9.10. The molecular formula is C14H18BrNO. The van der Waals surface area contributed by atoms with E-state index in [9.17, 15) is 4.79 Å². The van der Waals surface area contributed by atoms with E-state index in [1.165, 1.54) is 12.8 Å². The average Bonchev–Trinajstić information content (AvgIpc) is 3.10. The van der Waals surface area contributed by atoms with E-state index in [1.54, 1.807) is 0 Å². The first-order chi connectivity index (χ1) is 8.06. The maximum absolute atomic E-state index is 12.0. The van der Waals surface area contributed by atoms with E-state index in [4.69, 9.17) is 0 Å². The van der Waals surface area contributed by atoms with Crippen molar-refractivity contribution in [2.45, 2.75) is 33.1 Å². The Balaban J connectivity index is 1.97. The third kappa shape index (κ3) is 2.89. The zero-order valence-corrected chi connectivity index (χ0v) is 11.9. The summed E-state index contributed by atoms with van der Waals surface area (Å²) in [6, 6.07) is 5.71. The third-order valence-corrected chi connectivity index (χ3v) is 4.64. The molecule has 92 valence electrons. The first kappa shape index (κ1) is 12.6. The van der Waals surface area contributed by atoms with Gasteiger partial charge < -0.3 is 5.32 Å². The minimum atomic E-state index is 0.0420. The van der Waals surface area contributed by atoms with E-state index in [0.717, 1.165) is 28.6 Å². The second kappa shape index (κ2) is 4.81. The van der Waals surface area contributed by atoms with E-state index in [1.807, 2.05) is 25.1 Å². The normalized spacial score (nSPS) is 16.6. The van der Waals surface area contributed by atoms with Crippen molar-refractivity contribution in [3.63, 3.8) is 0 Å². The molecule has 0 unspecified atom stereocenters. The fourth-order valence-electron chi connectivity index (χ4n) is 1.99. The van der Waals surface area contributed by atoms with Crippen LogP contribution in [0.5, 0.6) is 0 Å². The Labute approximate surface area is 111 Å². The molecule has 0 bridgehead atoms. The number of nitrogens with one attached hydrogen (secondary N) is 1. The maximum atomic E-state index is 12.0. The van der Waals surface area contributed by atoms with Crippen molar-refractivity contribution in [2.24, 2.45) is 5.41 Å². The quantitative estimate of drug-likeness (QED) is 0.902. The van der Waals surface area contributed by atoms with Crippen LogP contribution in [-0.2, 0) is 0 Å². The molecule has 0 atom stereocenters. The fraction of sp³-hybridized carbons (Fsp3) is 0.500. The van der Waals surface area contributed by atoms with Crippen molar-refractivity contribution < 1.29 is 4.79 Å². The number of carbonyl (C=O) groups excluding carboxylic acids is 1. The molecule has 1 aliphatic rings. The van der Waals surface area contributed by atoms with E-state index in [0.29, 0.717) is 5.41 Å². The number of hydrogen-bond acceptors (Lipinski definition) is 1. The van der Waals surface area contributed by atoms with Crippen molar-refractivity contribution in [3.8, 4) is 0 Å². The monoisotopic (exact) mass is 295 g/mol. The molecule has 1 aromatic rings. The van der Waals surface area contributed by atoms with E-state index >= 15 is 0 Å². The van der Waals surface area contributed by atoms with Crippen LogP contribution in [0.3, 0.4) is 0 Å². The molecule has 3 heteroatoms. The zero-order chi connectivity index (χ0) is 12.5. The first-order valence-corrected chi connectivity index (χ1v) is 6.90. The Hall–Kier alpha value is -0.830. The summed E-state index contributed by atoms with van der Waals surface area (Å²) in [6.45, 7) is 5.01. The van der Waals surface area contributed by atoms with Crippen LogP contribution in [0.4, 0.5) is 0 Å². The largest absolute Gasteiger partial charge is 0.351 e. The van der Waals surface area contributed by atoms with Crippen LogP contribution in [0.2, 0.25) is 0 Å². The zero-order valence-electron chi connectivity index (χ0n) is 10.3. The second-order valence-corrected chi connectivity index (χ2v) is 5.85. The summed E-state index contributed by atoms with van der Waals surface area (Å²) in [5.74, 6) is 0.0420. The van der Waals surface area contributed by atoms with Crippen LogP contribution in [0.1, 0.15) is 42.1 Å². The third-order valence-electron chi connectivity index (χ3n) is 3.75. The Morgan fingerprint density at radius 3 is 2.71 bits per heavy atom. The van der Waals surface area contributed by atoms with Crippen LogP contribution >= 0.6 is 15.9 Å². The van der Waals surface area contributed by atoms with Gasteiger partial charge in [-0.15, -0.1) is 0 Å². The van der Waals surface area contributed by atoms with Crippen LogP contribution < -0.4 is 5.32 Å². The predicted molar refractivity (Wildman–Crippen MR) is 73.2 cm³/mol. The topological polar surface area (TPSA) is 29.1 Å². The highest BCUT2D eigenvalue weighted by atomic mass is 79.9. The highest BCUT2D eigenvalue weighted by Gasteiger charge is 2.40. The molecule has 1 aliphatic carbocycles. The average molecular weight is 296 g/mol. The van der Waals surface area contributed by atoms with Gasteiger partial charge in [-0.25, -0.2) is 0 Å². The number of rotatable bonds is 4. The Morgan fingerprint density at radius 1 is 1.47 bits per heavy atom. The molecule has 1 amide bonds. The summed E-state index contributed by atoms with van der Waals surface area (Å²) in [5, 5.41) is 3.05. The van der Waals surface area contributed by atoms with Gasteiger partial charge in [0, 0.05) is 16.6 Å². The van der Waals surface area contributed by atoms with Gasteiger partial charge in [0.25, 0.3) is 5.91 Å². The lowest BCUT2D eigenvalue weighted by molar-refractivity contribution is 0.0944. The number of carbonyl (C=O) groups is 1. The van der Waals surface area contributed by atoms with Crippen LogP contribution in [0, 0.1) is 12.3 Å². The standard InChI is InChI=1S/C14H18BrNO/c1-3-14(6-7-14)9-16-13(17)11-4-5-12(15)10(2)8-11/h4-5,8H,3,6-7,9H2,1-2H3,(H,16,17). The SMILES string of the molecule is CCC1(CNC(=O)c2ccc(Br)c(C)c2)CC1. The summed E-state index contributed by atoms with van der Waals surface area (Å²) in [5.41, 5.74) is 2.24. The number of benzene rings is 1. The summed E-state index contributed by atoms with van der Waals surface area (Å²) in [4.78, 5) is 12.0. The van der Waals surface area contributed by atoms with Gasteiger partial charge in [-0.05, 0) is 55.4 Å². The maximum Gasteiger partial charge on any atom is 0.251 e. The Morgan fingerprint density at radius 2 is 2.18 bits per heavy atom. The minimum Gasteiger partial charge on any atom is -0.351 e. The summed E-state index contributed by atoms with van der Waals surface area (Å²) >= 11 is 3.44. The molecule has 0 aliphatic heterocycles. The van der Waals surface area contributed by atoms with Crippen molar-refractivity contribution in [1.82, 2.24) is 5.32 Å². The lowest BCUT2D eigenvalue weighted by atomic mass is 10.0. The minimum absolute atomic E-state index is 0.0420. The number of halogens is 1. The van der Waals surface area contributed by atoms with Crippen molar-refractivity contribution in [1.29, 1.82) is 0 Å². The van der Waals surface area contributed by atoms with Gasteiger partial charge in [0.2, 0.25) is 0 Å². The van der Waals surface area contributed by atoms with Crippen molar-refractivity contribution in [2.75, 3.05) is 6.54 Å². The highest BCUT2D eigenvalue weighted by Crippen LogP contribution is 2.47. The van der Waals surface area contributed by atoms with E-state index in [-0.39, 0.29) is 5.91 Å². The Bertz CT molecular complexity index is 438. The van der Waals surface area contributed by atoms with Crippen LogP contribution in [0.25, 0.3) is 0 Å². The molecule has 0 radical (unpaired) electrons. The summed E-state index contributed by atoms with van der Waals surface area (Å²) < 4.78 is 1.04. The molecule has 1 fully saturated rings. The van der Waals surface area contributed by atoms with Gasteiger partial charge in [0.1, 0.15) is 0 Å². The molecule has 0 saturated heterocycles. The van der Waals surface area contributed by atoms with Crippen molar-refractivity contribution >= 4 is 21.8 Å². The van der Waals surface area contributed by atoms with Gasteiger partial charge >= 0.3 is 0 Å². The van der Waals surface area contributed by atoms with E-state index in [2.05, 4.69) is 28.2 Å². The smallest absolute Gasteiger partial charge is 0.251 e. The number of aryl methyl sites for hydroxylation is 1. The van der Waals surface area contributed by atoms with Gasteiger partial charge in [-0.1, -0.05) is 22.9 Å². The molecule has 1 saturated carbocycles. The molecule has 2 rings (SSSR count). The molecule has 17 heavy (non-hydrogen) atoms. The van der Waals surface area contributed by atoms with Gasteiger partial charge in [0.15, 0.2) is 0 Å². The lowest BCUT2D eigenvalue weighted by Crippen LogP contribution is -2.29. The predicted octanol–water partition coefficient (Wildman–Crippen LogP) is 3.68. The van der Waals surface area contributed by atoms with Gasteiger partial charge in [-0.3, -0.25) is 4.79 Å². The number of amides is 1. The fourth-order valence-corrected chi connectivity index (χ4v) is 2.23. The number of hydrogen-bond donors (Lipinski definition) is 1. The lowest BCUT2D eigenvalue weighted by Gasteiger charge is -2.13. The molecule has 0 aromatic heterocycles. The molecule has 0 heterocycles. The molecule has 2 nitrogen and oxygen atoms in total. The van der Waals surface area contributed by atoms with Crippen LogP contribution in [-0.4, -0.2) is 12.5 Å². The van der Waals surface area contributed by atoms with Gasteiger partial charge in [0.05, 0.1) is 0 Å². The molecule has 1 N–H and O–H groups in total. The van der Waals surface area contributed by atoms with E-state index < -0.39 is 0 Å². The Kier molecular flexibility index (Phi) is 3.57. The molecule has 0 spiro atoms. The first-order valence-electron chi connectivity index (χ1n) is 6.11. The van der Waals surface area contributed by atoms with Gasteiger partial charge in [-0.2, -0.15) is 0 Å². The van der Waals surface area contributed by atoms with Crippen LogP contribution in [0.15, 0.2) is 22.7 Å². The summed E-state index contributed by atoms with van der Waals surface area (Å²) in [7, 11) is 0.